The van der Waals surface area contributed by atoms with Crippen molar-refractivity contribution in [3.8, 4) is 0 Å². The molecule has 0 atom stereocenters. The summed E-state index contributed by atoms with van der Waals surface area (Å²) in [7, 11) is 0. The zero-order valence-corrected chi connectivity index (χ0v) is 10.2. The summed E-state index contributed by atoms with van der Waals surface area (Å²) in [6, 6.07) is 4.37. The van der Waals surface area contributed by atoms with Crippen LogP contribution in [0.15, 0.2) is 18.2 Å². The van der Waals surface area contributed by atoms with E-state index in [0.29, 0.717) is 17.2 Å². The van der Waals surface area contributed by atoms with E-state index in [1.165, 1.54) is 30.8 Å². The lowest BCUT2D eigenvalue weighted by atomic mass is 10.1. The lowest BCUT2D eigenvalue weighted by Gasteiger charge is -2.02. The molecule has 0 fully saturated rings. The molecule has 0 aliphatic carbocycles. The Morgan fingerprint density at radius 1 is 1.56 bits per heavy atom. The maximum absolute atomic E-state index is 10.7. The first-order chi connectivity index (χ1) is 7.50. The number of hydrogen-bond donors (Lipinski definition) is 0. The molecule has 0 amide bonds. The lowest BCUT2D eigenvalue weighted by Crippen LogP contribution is -1.94. The van der Waals surface area contributed by atoms with Gasteiger partial charge in [-0.05, 0) is 12.0 Å². The van der Waals surface area contributed by atoms with Crippen LogP contribution in [-0.2, 0) is 11.2 Å². The second-order valence-corrected chi connectivity index (χ2v) is 4.80. The first-order valence-corrected chi connectivity index (χ1v) is 5.93. The maximum atomic E-state index is 10.7. The molecule has 1 rings (SSSR count). The summed E-state index contributed by atoms with van der Waals surface area (Å²) in [5.74, 6) is 0.632. The Hall–Kier alpha value is -1.07. The molecule has 0 radical (unpaired) electrons. The van der Waals surface area contributed by atoms with Crippen molar-refractivity contribution in [1.82, 2.24) is 0 Å². The number of benzene rings is 1. The van der Waals surface area contributed by atoms with E-state index in [0.717, 1.165) is 5.56 Å². The Morgan fingerprint density at radius 2 is 2.25 bits per heavy atom. The molecular weight excluding hydrogens is 250 g/mol. The van der Waals surface area contributed by atoms with E-state index < -0.39 is 4.92 Å². The van der Waals surface area contributed by atoms with Gasteiger partial charge in [0, 0.05) is 24.8 Å². The summed E-state index contributed by atoms with van der Waals surface area (Å²) in [6.07, 6.45) is 0.626. The van der Waals surface area contributed by atoms with Gasteiger partial charge in [-0.2, -0.15) is 0 Å². The topological polar surface area (TPSA) is 60.2 Å². The van der Waals surface area contributed by atoms with Gasteiger partial charge in [0.05, 0.1) is 9.95 Å². The molecule has 0 N–H and O–H groups in total. The molecule has 0 spiro atoms. The Labute approximate surface area is 102 Å². The number of nitro groups is 1. The Kier molecular flexibility index (Phi) is 4.76. The Balaban J connectivity index is 2.68. The Morgan fingerprint density at radius 3 is 2.75 bits per heavy atom. The number of carbonyl (C=O) groups is 1. The second kappa shape index (κ2) is 5.86. The molecule has 6 heteroatoms. The van der Waals surface area contributed by atoms with Crippen LogP contribution in [0.1, 0.15) is 12.5 Å². The fourth-order valence-electron chi connectivity index (χ4n) is 1.16. The zero-order chi connectivity index (χ0) is 12.1. The van der Waals surface area contributed by atoms with Gasteiger partial charge in [0.15, 0.2) is 5.12 Å². The number of rotatable bonds is 4. The molecule has 0 unspecified atom stereocenters. The van der Waals surface area contributed by atoms with Gasteiger partial charge < -0.3 is 0 Å². The average molecular weight is 260 g/mol. The molecule has 4 nitrogen and oxygen atoms in total. The maximum Gasteiger partial charge on any atom is 0.270 e. The minimum atomic E-state index is -0.486. The van der Waals surface area contributed by atoms with Crippen molar-refractivity contribution >= 4 is 34.2 Å². The van der Waals surface area contributed by atoms with E-state index in [2.05, 4.69) is 0 Å². The minimum absolute atomic E-state index is 0.0204. The molecule has 0 aromatic heterocycles. The highest BCUT2D eigenvalue weighted by atomic mass is 35.5. The van der Waals surface area contributed by atoms with Crippen molar-refractivity contribution in [2.24, 2.45) is 0 Å². The summed E-state index contributed by atoms with van der Waals surface area (Å²) in [4.78, 5) is 20.7. The molecule has 0 aliphatic heterocycles. The summed E-state index contributed by atoms with van der Waals surface area (Å²) in [6.45, 7) is 1.50. The highest BCUT2D eigenvalue weighted by molar-refractivity contribution is 8.13. The van der Waals surface area contributed by atoms with Gasteiger partial charge in [-0.1, -0.05) is 29.4 Å². The van der Waals surface area contributed by atoms with Crippen LogP contribution < -0.4 is 0 Å². The minimum Gasteiger partial charge on any atom is -0.288 e. The van der Waals surface area contributed by atoms with Crippen molar-refractivity contribution in [1.29, 1.82) is 0 Å². The van der Waals surface area contributed by atoms with E-state index in [1.807, 2.05) is 0 Å². The molecule has 0 saturated heterocycles. The van der Waals surface area contributed by atoms with Crippen molar-refractivity contribution in [2.45, 2.75) is 13.3 Å². The number of carbonyl (C=O) groups excluding carboxylic acids is 1. The SMILES string of the molecule is CC(=O)SCCc1ccc([N+](=O)[O-])cc1Cl. The predicted octanol–water partition coefficient (Wildman–Crippen LogP) is 3.07. The largest absolute Gasteiger partial charge is 0.288 e. The van der Waals surface area contributed by atoms with E-state index >= 15 is 0 Å². The van der Waals surface area contributed by atoms with Gasteiger partial charge in [0.2, 0.25) is 0 Å². The number of aryl methyl sites for hydroxylation is 1. The predicted molar refractivity (Wildman–Crippen MR) is 64.9 cm³/mol. The molecule has 0 saturated carbocycles. The average Bonchev–Trinajstić information content (AvgIpc) is 2.19. The third-order valence-corrected chi connectivity index (χ3v) is 3.09. The van der Waals surface area contributed by atoms with Crippen molar-refractivity contribution in [3.63, 3.8) is 0 Å². The van der Waals surface area contributed by atoms with Crippen LogP contribution in [0, 0.1) is 10.1 Å². The molecule has 1 aromatic carbocycles. The highest BCUT2D eigenvalue weighted by Gasteiger charge is 2.09. The van der Waals surface area contributed by atoms with Crippen molar-refractivity contribution in [3.05, 3.63) is 38.9 Å². The summed E-state index contributed by atoms with van der Waals surface area (Å²) < 4.78 is 0. The van der Waals surface area contributed by atoms with Crippen LogP contribution >= 0.6 is 23.4 Å². The summed E-state index contributed by atoms with van der Waals surface area (Å²) >= 11 is 7.10. The monoisotopic (exact) mass is 259 g/mol. The van der Waals surface area contributed by atoms with Crippen LogP contribution in [0.5, 0.6) is 0 Å². The first-order valence-electron chi connectivity index (χ1n) is 4.57. The quantitative estimate of drug-likeness (QED) is 0.616. The second-order valence-electron chi connectivity index (χ2n) is 3.12. The van der Waals surface area contributed by atoms with Gasteiger partial charge >= 0.3 is 0 Å². The van der Waals surface area contributed by atoms with Crippen molar-refractivity contribution < 1.29 is 9.72 Å². The standard InChI is InChI=1S/C10H10ClNO3S/c1-7(13)16-5-4-8-2-3-9(12(14)15)6-10(8)11/h2-3,6H,4-5H2,1H3. The molecule has 1 aromatic rings. The highest BCUT2D eigenvalue weighted by Crippen LogP contribution is 2.23. The number of non-ortho nitro benzene ring substituents is 1. The van der Waals surface area contributed by atoms with Gasteiger partial charge in [0.25, 0.3) is 5.69 Å². The molecule has 0 aliphatic rings. The first kappa shape index (κ1) is 13.0. The van der Waals surface area contributed by atoms with Gasteiger partial charge in [-0.25, -0.2) is 0 Å². The van der Waals surface area contributed by atoms with E-state index in [4.69, 9.17) is 11.6 Å². The smallest absolute Gasteiger partial charge is 0.270 e. The Bertz CT molecular complexity index is 423. The number of nitro benzene ring substituents is 1. The summed E-state index contributed by atoms with van der Waals surface area (Å²) in [5, 5.41) is 10.9. The summed E-state index contributed by atoms with van der Waals surface area (Å²) in [5.41, 5.74) is 0.800. The number of nitrogens with zero attached hydrogens (tertiary/aromatic N) is 1. The van der Waals surface area contributed by atoms with E-state index in [-0.39, 0.29) is 10.8 Å². The fraction of sp³-hybridized carbons (Fsp3) is 0.300. The van der Waals surface area contributed by atoms with Crippen LogP contribution in [-0.4, -0.2) is 15.8 Å². The van der Waals surface area contributed by atoms with E-state index in [9.17, 15) is 14.9 Å². The molecular formula is C10H10ClNO3S. The van der Waals surface area contributed by atoms with Gasteiger partial charge in [0.1, 0.15) is 0 Å². The van der Waals surface area contributed by atoms with Gasteiger partial charge in [-0.15, -0.1) is 0 Å². The van der Waals surface area contributed by atoms with Gasteiger partial charge in [-0.3, -0.25) is 14.9 Å². The number of halogens is 1. The molecule has 86 valence electrons. The van der Waals surface area contributed by atoms with Crippen LogP contribution in [0.25, 0.3) is 0 Å². The molecule has 16 heavy (non-hydrogen) atoms. The van der Waals surface area contributed by atoms with Crippen LogP contribution in [0.3, 0.4) is 0 Å². The van der Waals surface area contributed by atoms with E-state index in [1.54, 1.807) is 6.07 Å². The number of hydrogen-bond acceptors (Lipinski definition) is 4. The fourth-order valence-corrected chi connectivity index (χ4v) is 2.04. The van der Waals surface area contributed by atoms with Crippen LogP contribution in [0.4, 0.5) is 5.69 Å². The third-order valence-electron chi connectivity index (χ3n) is 1.92. The normalized spacial score (nSPS) is 10.1. The van der Waals surface area contributed by atoms with Crippen molar-refractivity contribution in [2.75, 3.05) is 5.75 Å². The lowest BCUT2D eigenvalue weighted by molar-refractivity contribution is -0.384. The zero-order valence-electron chi connectivity index (χ0n) is 8.60. The molecule has 0 bridgehead atoms. The molecule has 0 heterocycles. The van der Waals surface area contributed by atoms with Crippen LogP contribution in [0.2, 0.25) is 5.02 Å². The third kappa shape index (κ3) is 3.83. The number of thioether (sulfide) groups is 1.